The summed E-state index contributed by atoms with van der Waals surface area (Å²) in [6.07, 6.45) is 2.21. The van der Waals surface area contributed by atoms with E-state index in [1.807, 2.05) is 12.1 Å². The first-order valence-corrected chi connectivity index (χ1v) is 16.5. The van der Waals surface area contributed by atoms with Gasteiger partial charge in [-0.15, -0.1) is 0 Å². The van der Waals surface area contributed by atoms with Crippen LogP contribution in [-0.4, -0.2) is 52.8 Å². The standard InChI is InChI=1S/C28H30O6S2/c29-35(30,15-7-3-1-4-8-15)13-11-17-19-23-21(27-25(19)33-27)18(22-24(23)20(17)26-28(22)34-26)12-14-36(31,32)16-9-5-2-6-10-16/h1-10,17-28H,11-14H2/t17?,18?,19-,20-,21-,22+,23?,24?,25+,26-,27-,28+/m0/s1. The van der Waals surface area contributed by atoms with Crippen LogP contribution in [0.4, 0.5) is 0 Å². The molecule has 2 aromatic rings. The lowest BCUT2D eigenvalue weighted by molar-refractivity contribution is 0.106. The van der Waals surface area contributed by atoms with E-state index in [4.69, 9.17) is 9.47 Å². The molecule has 0 spiro atoms. The van der Waals surface area contributed by atoms with Crippen LogP contribution < -0.4 is 0 Å². The first kappa shape index (κ1) is 22.3. The Labute approximate surface area is 212 Å². The van der Waals surface area contributed by atoms with Gasteiger partial charge in [0, 0.05) is 0 Å². The minimum atomic E-state index is -3.33. The third kappa shape index (κ3) is 3.01. The van der Waals surface area contributed by atoms with Gasteiger partial charge in [-0.25, -0.2) is 16.8 Å². The second-order valence-corrected chi connectivity index (χ2v) is 16.0. The molecule has 6 nitrogen and oxygen atoms in total. The Morgan fingerprint density at radius 2 is 0.833 bits per heavy atom. The number of sulfone groups is 2. The SMILES string of the molecule is O=S(=O)(CCC1[C@H]2C3C4[C@@H](C(CCS(=O)(=O)c5ccccc5)[C@@H]3[C@@H]3O[C@H]23)[C@H]2O[C@H]2[C@@H]14)c1ccccc1. The van der Waals surface area contributed by atoms with Crippen molar-refractivity contribution in [3.63, 3.8) is 0 Å². The summed E-state index contributed by atoms with van der Waals surface area (Å²) < 4.78 is 64.7. The molecule has 0 amide bonds. The molecule has 36 heavy (non-hydrogen) atoms. The quantitative estimate of drug-likeness (QED) is 0.491. The van der Waals surface area contributed by atoms with Crippen LogP contribution in [0.15, 0.2) is 70.5 Å². The lowest BCUT2D eigenvalue weighted by Gasteiger charge is -2.28. The summed E-state index contributed by atoms with van der Waals surface area (Å²) in [7, 11) is -6.65. The number of rotatable bonds is 8. The smallest absolute Gasteiger partial charge is 0.178 e. The lowest BCUT2D eigenvalue weighted by atomic mass is 9.81. The van der Waals surface area contributed by atoms with Gasteiger partial charge in [-0.3, -0.25) is 0 Å². The van der Waals surface area contributed by atoms with Gasteiger partial charge in [0.1, 0.15) is 0 Å². The maximum atomic E-state index is 13.1. The lowest BCUT2D eigenvalue weighted by Crippen LogP contribution is -2.28. The van der Waals surface area contributed by atoms with Crippen molar-refractivity contribution in [2.75, 3.05) is 11.5 Å². The molecule has 4 aliphatic carbocycles. The van der Waals surface area contributed by atoms with Crippen molar-refractivity contribution in [1.29, 1.82) is 0 Å². The third-order valence-corrected chi connectivity index (χ3v) is 14.0. The molecule has 0 aromatic heterocycles. The molecule has 2 aliphatic heterocycles. The van der Waals surface area contributed by atoms with Crippen molar-refractivity contribution in [3.05, 3.63) is 60.7 Å². The summed E-state index contributed by atoms with van der Waals surface area (Å²) in [6, 6.07) is 17.5. The van der Waals surface area contributed by atoms with E-state index in [2.05, 4.69) is 0 Å². The van der Waals surface area contributed by atoms with Crippen LogP contribution in [0.5, 0.6) is 0 Å². The highest BCUT2D eigenvalue weighted by molar-refractivity contribution is 7.91. The van der Waals surface area contributed by atoms with Crippen LogP contribution in [0, 0.1) is 47.3 Å². The Bertz CT molecular complexity index is 1270. The Hall–Kier alpha value is -1.74. The zero-order valence-electron chi connectivity index (χ0n) is 19.8. The van der Waals surface area contributed by atoms with E-state index in [1.165, 1.54) is 0 Å². The molecule has 6 fully saturated rings. The average Bonchev–Trinajstić information content (AvgIpc) is 3.71. The Kier molecular flexibility index (Phi) is 4.59. The Morgan fingerprint density at radius 3 is 1.17 bits per heavy atom. The molecule has 2 aromatic carbocycles. The number of benzene rings is 2. The molecule has 8 heteroatoms. The van der Waals surface area contributed by atoms with Gasteiger partial charge in [0.2, 0.25) is 0 Å². The zero-order valence-corrected chi connectivity index (χ0v) is 21.4. The second-order valence-electron chi connectivity index (χ2n) is 11.8. The highest BCUT2D eigenvalue weighted by Crippen LogP contribution is 2.79. The molecule has 0 radical (unpaired) electrons. The van der Waals surface area contributed by atoms with Gasteiger partial charge >= 0.3 is 0 Å². The first-order chi connectivity index (χ1) is 17.4. The van der Waals surface area contributed by atoms with Crippen molar-refractivity contribution >= 4 is 19.7 Å². The predicted molar refractivity (Wildman–Crippen MR) is 131 cm³/mol. The van der Waals surface area contributed by atoms with Crippen LogP contribution in [0.25, 0.3) is 0 Å². The van der Waals surface area contributed by atoms with Crippen molar-refractivity contribution in [1.82, 2.24) is 0 Å². The van der Waals surface area contributed by atoms with E-state index in [0.717, 1.165) is 0 Å². The van der Waals surface area contributed by atoms with Crippen LogP contribution in [0.3, 0.4) is 0 Å². The number of epoxide rings is 2. The summed E-state index contributed by atoms with van der Waals surface area (Å²) in [6.45, 7) is 0. The zero-order chi connectivity index (χ0) is 24.4. The molecule has 4 unspecified atom stereocenters. The topological polar surface area (TPSA) is 93.3 Å². The van der Waals surface area contributed by atoms with Crippen LogP contribution in [0.1, 0.15) is 12.8 Å². The van der Waals surface area contributed by atoms with Crippen LogP contribution >= 0.6 is 0 Å². The van der Waals surface area contributed by atoms with E-state index in [1.54, 1.807) is 48.5 Å². The van der Waals surface area contributed by atoms with E-state index in [0.29, 0.717) is 70.0 Å². The fourth-order valence-electron chi connectivity index (χ4n) is 9.40. The van der Waals surface area contributed by atoms with Gasteiger partial charge in [-0.1, -0.05) is 36.4 Å². The maximum absolute atomic E-state index is 13.1. The van der Waals surface area contributed by atoms with Crippen molar-refractivity contribution in [2.45, 2.75) is 47.0 Å². The summed E-state index contributed by atoms with van der Waals surface area (Å²) in [4.78, 5) is 0.801. The van der Waals surface area contributed by atoms with Gasteiger partial charge in [-0.05, 0) is 84.5 Å². The van der Waals surface area contributed by atoms with Gasteiger partial charge in [0.15, 0.2) is 19.7 Å². The Balaban J connectivity index is 1.04. The highest BCUT2D eigenvalue weighted by atomic mass is 32.2. The molecule has 6 aliphatic rings. The monoisotopic (exact) mass is 526 g/mol. The fraction of sp³-hybridized carbons (Fsp3) is 0.571. The third-order valence-electron chi connectivity index (χ3n) is 10.5. The summed E-state index contributed by atoms with van der Waals surface area (Å²) in [5.41, 5.74) is 0. The second kappa shape index (κ2) is 7.43. The molecule has 12 atom stereocenters. The molecular weight excluding hydrogens is 496 g/mol. The van der Waals surface area contributed by atoms with Crippen molar-refractivity contribution < 1.29 is 26.3 Å². The largest absolute Gasteiger partial charge is 0.369 e. The van der Waals surface area contributed by atoms with E-state index in [9.17, 15) is 16.8 Å². The van der Waals surface area contributed by atoms with Gasteiger partial charge in [0.25, 0.3) is 0 Å². The predicted octanol–water partition coefficient (Wildman–Crippen LogP) is 3.23. The minimum absolute atomic E-state index is 0.164. The van der Waals surface area contributed by atoms with Crippen LogP contribution in [-0.2, 0) is 29.1 Å². The molecule has 190 valence electrons. The van der Waals surface area contributed by atoms with E-state index >= 15 is 0 Å². The van der Waals surface area contributed by atoms with Gasteiger partial charge in [0.05, 0.1) is 45.7 Å². The van der Waals surface area contributed by atoms with E-state index < -0.39 is 19.7 Å². The first-order valence-electron chi connectivity index (χ1n) is 13.2. The van der Waals surface area contributed by atoms with Crippen molar-refractivity contribution in [2.24, 2.45) is 47.3 Å². The summed E-state index contributed by atoms with van der Waals surface area (Å²) in [5, 5.41) is 0. The average molecular weight is 527 g/mol. The summed E-state index contributed by atoms with van der Waals surface area (Å²) >= 11 is 0. The highest BCUT2D eigenvalue weighted by Gasteiger charge is 2.83. The molecular formula is C28H30O6S2. The molecule has 8 rings (SSSR count). The van der Waals surface area contributed by atoms with Gasteiger partial charge in [-0.2, -0.15) is 0 Å². The molecule has 4 saturated carbocycles. The number of hydrogen-bond donors (Lipinski definition) is 0. The molecule has 2 saturated heterocycles. The van der Waals surface area contributed by atoms with Crippen molar-refractivity contribution in [3.8, 4) is 0 Å². The maximum Gasteiger partial charge on any atom is 0.178 e. The molecule has 2 heterocycles. The molecule has 0 bridgehead atoms. The van der Waals surface area contributed by atoms with E-state index in [-0.39, 0.29) is 35.9 Å². The minimum Gasteiger partial charge on any atom is -0.369 e. The normalized spacial score (nSPS) is 44.8. The number of ether oxygens (including phenoxy) is 2. The number of hydrogen-bond acceptors (Lipinski definition) is 6. The van der Waals surface area contributed by atoms with Crippen LogP contribution in [0.2, 0.25) is 0 Å². The fourth-order valence-corrected chi connectivity index (χ4v) is 12.2. The number of fused-ring (bicyclic) bond motifs is 6. The Morgan fingerprint density at radius 1 is 0.500 bits per heavy atom. The summed E-state index contributed by atoms with van der Waals surface area (Å²) in [5.74, 6) is 3.60. The molecule has 0 N–H and O–H groups in total. The van der Waals surface area contributed by atoms with Gasteiger partial charge < -0.3 is 9.47 Å².